The molecule has 4 N–H and O–H groups in total. The van der Waals surface area contributed by atoms with E-state index in [-0.39, 0.29) is 32.0 Å². The van der Waals surface area contributed by atoms with Gasteiger partial charge in [0.25, 0.3) is 0 Å². The van der Waals surface area contributed by atoms with Crippen molar-refractivity contribution in [3.63, 3.8) is 0 Å². The van der Waals surface area contributed by atoms with Crippen LogP contribution in [0.2, 0.25) is 0 Å². The molecule has 1 heterocycles. The van der Waals surface area contributed by atoms with E-state index in [1.807, 2.05) is 0 Å². The molecular formula is C51H94O10. The number of unbranched alkanes of at least 4 members (excludes halogenated alkanes) is 28. The molecule has 0 aliphatic carbocycles. The lowest BCUT2D eigenvalue weighted by molar-refractivity contribution is -0.305. The van der Waals surface area contributed by atoms with Crippen LogP contribution in [0.25, 0.3) is 0 Å². The molecular weight excluding hydrogens is 773 g/mol. The zero-order valence-electron chi connectivity index (χ0n) is 39.2. The van der Waals surface area contributed by atoms with Crippen molar-refractivity contribution in [2.75, 3.05) is 19.8 Å². The zero-order valence-corrected chi connectivity index (χ0v) is 39.2. The second kappa shape index (κ2) is 42.1. The number of hydrogen-bond donors (Lipinski definition) is 4. The van der Waals surface area contributed by atoms with Crippen LogP contribution in [0.3, 0.4) is 0 Å². The van der Waals surface area contributed by atoms with Gasteiger partial charge in [-0.15, -0.1) is 0 Å². The van der Waals surface area contributed by atoms with Crippen LogP contribution in [0.4, 0.5) is 0 Å². The molecule has 61 heavy (non-hydrogen) atoms. The minimum absolute atomic E-state index is 0.190. The van der Waals surface area contributed by atoms with Crippen molar-refractivity contribution in [3.05, 3.63) is 24.3 Å². The molecule has 1 fully saturated rings. The van der Waals surface area contributed by atoms with Gasteiger partial charge in [0.15, 0.2) is 12.4 Å². The highest BCUT2D eigenvalue weighted by Gasteiger charge is 2.44. The fourth-order valence-electron chi connectivity index (χ4n) is 7.81. The predicted molar refractivity (Wildman–Crippen MR) is 247 cm³/mol. The Labute approximate surface area is 373 Å². The quantitative estimate of drug-likeness (QED) is 0.0265. The van der Waals surface area contributed by atoms with Crippen molar-refractivity contribution in [1.82, 2.24) is 0 Å². The number of carbonyl (C=O) groups excluding carboxylic acids is 2. The number of aliphatic hydroxyl groups is 4. The van der Waals surface area contributed by atoms with Gasteiger partial charge in [-0.3, -0.25) is 9.59 Å². The van der Waals surface area contributed by atoms with Gasteiger partial charge in [-0.1, -0.05) is 199 Å². The molecule has 1 saturated heterocycles. The molecule has 0 aromatic rings. The van der Waals surface area contributed by atoms with Crippen molar-refractivity contribution in [2.45, 2.75) is 269 Å². The van der Waals surface area contributed by atoms with Crippen molar-refractivity contribution in [3.8, 4) is 0 Å². The summed E-state index contributed by atoms with van der Waals surface area (Å²) in [4.78, 5) is 25.4. The molecule has 1 aliphatic heterocycles. The van der Waals surface area contributed by atoms with E-state index >= 15 is 0 Å². The summed E-state index contributed by atoms with van der Waals surface area (Å²) >= 11 is 0. The molecule has 358 valence electrons. The normalized spacial score (nSPS) is 19.9. The largest absolute Gasteiger partial charge is 0.462 e. The third-order valence-corrected chi connectivity index (χ3v) is 11.8. The highest BCUT2D eigenvalue weighted by atomic mass is 16.7. The van der Waals surface area contributed by atoms with Gasteiger partial charge in [-0.25, -0.2) is 0 Å². The highest BCUT2D eigenvalue weighted by molar-refractivity contribution is 5.70. The van der Waals surface area contributed by atoms with Crippen LogP contribution in [0.5, 0.6) is 0 Å². The maximum atomic E-state index is 12.8. The Bertz CT molecular complexity index is 1050. The van der Waals surface area contributed by atoms with Gasteiger partial charge in [0, 0.05) is 12.8 Å². The lowest BCUT2D eigenvalue weighted by Crippen LogP contribution is -2.59. The maximum Gasteiger partial charge on any atom is 0.306 e. The molecule has 0 amide bonds. The molecule has 6 atom stereocenters. The molecule has 1 aliphatic rings. The van der Waals surface area contributed by atoms with E-state index in [1.54, 1.807) is 0 Å². The van der Waals surface area contributed by atoms with Gasteiger partial charge in [-0.05, 0) is 44.9 Å². The third-order valence-electron chi connectivity index (χ3n) is 11.8. The topological polar surface area (TPSA) is 152 Å². The van der Waals surface area contributed by atoms with Crippen LogP contribution < -0.4 is 0 Å². The number of esters is 2. The molecule has 0 aromatic carbocycles. The summed E-state index contributed by atoms with van der Waals surface area (Å²) in [7, 11) is 0. The smallest absolute Gasteiger partial charge is 0.306 e. The van der Waals surface area contributed by atoms with Crippen LogP contribution >= 0.6 is 0 Å². The van der Waals surface area contributed by atoms with E-state index in [1.165, 1.54) is 154 Å². The van der Waals surface area contributed by atoms with E-state index in [9.17, 15) is 30.0 Å². The van der Waals surface area contributed by atoms with Crippen LogP contribution in [0.1, 0.15) is 232 Å². The molecule has 10 heteroatoms. The average molecular weight is 867 g/mol. The lowest BCUT2D eigenvalue weighted by atomic mass is 9.99. The minimum atomic E-state index is -1.60. The summed E-state index contributed by atoms with van der Waals surface area (Å²) in [5.74, 6) is -0.833. The number of aliphatic hydroxyl groups excluding tert-OH is 4. The monoisotopic (exact) mass is 867 g/mol. The lowest BCUT2D eigenvalue weighted by Gasteiger charge is -2.39. The second-order valence-corrected chi connectivity index (χ2v) is 17.6. The summed E-state index contributed by atoms with van der Waals surface area (Å²) in [5.41, 5.74) is 0. The number of hydrogen-bond acceptors (Lipinski definition) is 10. The van der Waals surface area contributed by atoms with Crippen LogP contribution in [-0.4, -0.2) is 89.0 Å². The molecule has 0 bridgehead atoms. The molecule has 2 unspecified atom stereocenters. The van der Waals surface area contributed by atoms with Gasteiger partial charge < -0.3 is 39.4 Å². The van der Waals surface area contributed by atoms with E-state index in [0.29, 0.717) is 6.42 Å². The van der Waals surface area contributed by atoms with E-state index in [0.717, 1.165) is 44.9 Å². The second-order valence-electron chi connectivity index (χ2n) is 17.6. The maximum absolute atomic E-state index is 12.8. The van der Waals surface area contributed by atoms with Crippen LogP contribution in [0.15, 0.2) is 24.3 Å². The van der Waals surface area contributed by atoms with Crippen LogP contribution in [0, 0.1) is 0 Å². The van der Waals surface area contributed by atoms with Crippen LogP contribution in [-0.2, 0) is 28.5 Å². The van der Waals surface area contributed by atoms with Gasteiger partial charge in [0.05, 0.1) is 13.2 Å². The Balaban J connectivity index is 2.26. The summed E-state index contributed by atoms with van der Waals surface area (Å²) in [5, 5.41) is 40.1. The first-order chi connectivity index (χ1) is 29.8. The zero-order chi connectivity index (χ0) is 44.4. The summed E-state index contributed by atoms with van der Waals surface area (Å²) in [6.45, 7) is 3.42. The molecule has 0 saturated carbocycles. The highest BCUT2D eigenvalue weighted by Crippen LogP contribution is 2.23. The fraction of sp³-hybridized carbons (Fsp3) is 0.882. The molecule has 0 aromatic heterocycles. The first kappa shape index (κ1) is 57.2. The number of carbonyl (C=O) groups is 2. The number of allylic oxidation sites excluding steroid dienone is 4. The Morgan fingerprint density at radius 1 is 0.508 bits per heavy atom. The van der Waals surface area contributed by atoms with Gasteiger partial charge in [0.2, 0.25) is 0 Å². The summed E-state index contributed by atoms with van der Waals surface area (Å²) < 4.78 is 22.2. The predicted octanol–water partition coefficient (Wildman–Crippen LogP) is 11.7. The van der Waals surface area contributed by atoms with Crippen molar-refractivity contribution in [2.24, 2.45) is 0 Å². The summed E-state index contributed by atoms with van der Waals surface area (Å²) in [6.07, 6.45) is 40.5. The standard InChI is InChI=1S/C51H94O10/c1-3-5-7-9-11-13-15-17-19-20-21-22-23-24-26-27-29-31-33-35-37-39-46(53)58-42-44(43-59-51-50(57)49(56)48(55)45(41-52)61-51)60-47(54)40-38-36-34-32-30-28-25-18-16-14-12-10-8-6-4-2/h18,25,30,32,44-45,48-52,55-57H,3-17,19-24,26-29,31,33-43H2,1-2H3/b25-18+,32-30+/t44-,45-,48+,49?,50?,51-/m0/s1. The Hall–Kier alpha value is -1.82. The van der Waals surface area contributed by atoms with E-state index in [4.69, 9.17) is 18.9 Å². The number of ether oxygens (including phenoxy) is 4. The van der Waals surface area contributed by atoms with E-state index in [2.05, 4.69) is 38.2 Å². The first-order valence-corrected chi connectivity index (χ1v) is 25.4. The van der Waals surface area contributed by atoms with Crippen molar-refractivity contribution >= 4 is 11.9 Å². The van der Waals surface area contributed by atoms with Gasteiger partial charge >= 0.3 is 11.9 Å². The average Bonchev–Trinajstić information content (AvgIpc) is 3.26. The molecule has 1 rings (SSSR count). The molecule has 0 spiro atoms. The fourth-order valence-corrected chi connectivity index (χ4v) is 7.81. The van der Waals surface area contributed by atoms with Gasteiger partial charge in [-0.2, -0.15) is 0 Å². The first-order valence-electron chi connectivity index (χ1n) is 25.4. The van der Waals surface area contributed by atoms with Crippen molar-refractivity contribution in [1.29, 1.82) is 0 Å². The minimum Gasteiger partial charge on any atom is -0.462 e. The summed E-state index contributed by atoms with van der Waals surface area (Å²) in [6, 6.07) is 0. The Morgan fingerprint density at radius 2 is 0.918 bits per heavy atom. The van der Waals surface area contributed by atoms with Crippen molar-refractivity contribution < 1.29 is 49.0 Å². The number of rotatable bonds is 43. The Kier molecular flexibility index (Phi) is 39.5. The Morgan fingerprint density at radius 3 is 1.39 bits per heavy atom. The molecule has 10 nitrogen and oxygen atoms in total. The molecule has 0 radical (unpaired) electrons. The van der Waals surface area contributed by atoms with Gasteiger partial charge in [0.1, 0.15) is 31.0 Å². The third kappa shape index (κ3) is 33.4. The van der Waals surface area contributed by atoms with E-state index < -0.39 is 49.4 Å². The SMILES string of the molecule is CCCCCCCC/C=C/C/C=C/CCCCC(=O)O[C@@H](COC(=O)CCCCCCCCCCCCCCCCCCCCCCC)CO[C@H]1O[C@@H](CO)[C@@H](O)C(O)C1O.